The minimum Gasteiger partial charge on any atom is -0.484 e. The number of furan rings is 1. The van der Waals surface area contributed by atoms with Gasteiger partial charge in [-0.1, -0.05) is 37.0 Å². The van der Waals surface area contributed by atoms with E-state index in [9.17, 15) is 9.59 Å². The molecule has 6 nitrogen and oxygen atoms in total. The van der Waals surface area contributed by atoms with Crippen LogP contribution in [0.2, 0.25) is 10.0 Å². The quantitative estimate of drug-likeness (QED) is 0.480. The van der Waals surface area contributed by atoms with Crippen LogP contribution in [0, 0.1) is 0 Å². The van der Waals surface area contributed by atoms with Crippen molar-refractivity contribution in [2.45, 2.75) is 26.4 Å². The Hall–Kier alpha value is -2.48. The maximum Gasteiger partial charge on any atom is 0.291 e. The number of primary amides is 1. The van der Waals surface area contributed by atoms with Crippen LogP contribution < -0.4 is 15.8 Å². The number of rotatable bonds is 7. The number of carbonyl (C=O) groups excluding carboxylic acids is 2. The number of benzene rings is 1. The Bertz CT molecular complexity index is 1060. The van der Waals surface area contributed by atoms with Gasteiger partial charge in [0.05, 0.1) is 10.6 Å². The number of carbonyl (C=O) groups is 2. The molecule has 0 radical (unpaired) electrons. The van der Waals surface area contributed by atoms with Gasteiger partial charge in [0.2, 0.25) is 0 Å². The number of nitrogens with one attached hydrogen (secondary N) is 1. The third-order valence-corrected chi connectivity index (χ3v) is 5.84. The van der Waals surface area contributed by atoms with E-state index in [2.05, 4.69) is 5.32 Å². The van der Waals surface area contributed by atoms with Gasteiger partial charge in [-0.2, -0.15) is 0 Å². The third kappa shape index (κ3) is 5.12. The highest BCUT2D eigenvalue weighted by Crippen LogP contribution is 2.33. The van der Waals surface area contributed by atoms with E-state index in [4.69, 9.17) is 38.1 Å². The fourth-order valence-corrected chi connectivity index (χ4v) is 3.98. The van der Waals surface area contributed by atoms with Crippen LogP contribution in [0.5, 0.6) is 5.75 Å². The molecule has 3 rings (SSSR count). The van der Waals surface area contributed by atoms with E-state index in [-0.39, 0.29) is 23.8 Å². The smallest absolute Gasteiger partial charge is 0.291 e. The summed E-state index contributed by atoms with van der Waals surface area (Å²) in [4.78, 5) is 25.1. The van der Waals surface area contributed by atoms with Crippen LogP contribution in [0.25, 0.3) is 0 Å². The molecule has 2 amide bonds. The van der Waals surface area contributed by atoms with Gasteiger partial charge in [-0.05, 0) is 42.3 Å². The first-order valence-electron chi connectivity index (χ1n) is 8.66. The van der Waals surface area contributed by atoms with E-state index in [1.165, 1.54) is 17.4 Å². The molecule has 0 fully saturated rings. The molecule has 2 heterocycles. The molecule has 0 spiro atoms. The summed E-state index contributed by atoms with van der Waals surface area (Å²) < 4.78 is 11.1. The second-order valence-electron chi connectivity index (χ2n) is 6.49. The van der Waals surface area contributed by atoms with E-state index in [1.54, 1.807) is 30.3 Å². The van der Waals surface area contributed by atoms with Gasteiger partial charge in [0.15, 0.2) is 5.76 Å². The van der Waals surface area contributed by atoms with Gasteiger partial charge in [0, 0.05) is 9.90 Å². The van der Waals surface area contributed by atoms with Gasteiger partial charge >= 0.3 is 0 Å². The standard InChI is InChI=1S/C20H18Cl2N2O4S/c1-10(2)17-8-13(18(23)25)20(29-17)24-19(26)16-6-4-12(28-16)9-27-15-5-3-11(21)7-14(15)22/h3-8,10H,9H2,1-2H3,(H2,23,25)(H,24,26). The zero-order chi connectivity index (χ0) is 21.1. The molecule has 3 N–H and O–H groups in total. The number of halogens is 2. The summed E-state index contributed by atoms with van der Waals surface area (Å²) in [5.74, 6) is 0.0866. The average molecular weight is 453 g/mol. The summed E-state index contributed by atoms with van der Waals surface area (Å²) in [6.45, 7) is 4.07. The van der Waals surface area contributed by atoms with Crippen LogP contribution in [-0.2, 0) is 6.61 Å². The molecule has 0 aliphatic rings. The molecule has 29 heavy (non-hydrogen) atoms. The summed E-state index contributed by atoms with van der Waals surface area (Å²) in [7, 11) is 0. The lowest BCUT2D eigenvalue weighted by molar-refractivity contribution is 0.0993. The summed E-state index contributed by atoms with van der Waals surface area (Å²) in [5.41, 5.74) is 5.70. The fraction of sp³-hybridized carbons (Fsp3) is 0.200. The summed E-state index contributed by atoms with van der Waals surface area (Å²) in [6, 6.07) is 9.73. The molecule has 0 aliphatic carbocycles. The summed E-state index contributed by atoms with van der Waals surface area (Å²) in [6.07, 6.45) is 0. The Kier molecular flexibility index (Phi) is 6.52. The van der Waals surface area contributed by atoms with Crippen molar-refractivity contribution in [1.82, 2.24) is 0 Å². The lowest BCUT2D eigenvalue weighted by Crippen LogP contribution is -2.16. The number of hydrogen-bond acceptors (Lipinski definition) is 5. The number of anilines is 1. The second-order valence-corrected chi connectivity index (χ2v) is 8.42. The highest BCUT2D eigenvalue weighted by molar-refractivity contribution is 7.16. The van der Waals surface area contributed by atoms with Gasteiger partial charge in [-0.15, -0.1) is 11.3 Å². The monoisotopic (exact) mass is 452 g/mol. The molecule has 2 aromatic heterocycles. The maximum absolute atomic E-state index is 12.5. The first-order chi connectivity index (χ1) is 13.7. The van der Waals surface area contributed by atoms with E-state index < -0.39 is 11.8 Å². The van der Waals surface area contributed by atoms with Crippen molar-refractivity contribution in [2.75, 3.05) is 5.32 Å². The van der Waals surface area contributed by atoms with Crippen molar-refractivity contribution >= 4 is 51.4 Å². The Balaban J connectivity index is 1.69. The van der Waals surface area contributed by atoms with Crippen LogP contribution in [0.15, 0.2) is 40.8 Å². The van der Waals surface area contributed by atoms with E-state index >= 15 is 0 Å². The summed E-state index contributed by atoms with van der Waals surface area (Å²) in [5, 5.41) is 3.97. The van der Waals surface area contributed by atoms with Gasteiger partial charge in [-0.3, -0.25) is 9.59 Å². The molecule has 0 unspecified atom stereocenters. The zero-order valence-corrected chi connectivity index (χ0v) is 18.0. The van der Waals surface area contributed by atoms with Crippen LogP contribution in [0.4, 0.5) is 5.00 Å². The van der Waals surface area contributed by atoms with E-state index in [0.717, 1.165) is 4.88 Å². The number of hydrogen-bond donors (Lipinski definition) is 2. The fourth-order valence-electron chi connectivity index (χ4n) is 2.45. The molecule has 0 bridgehead atoms. The number of amides is 2. The van der Waals surface area contributed by atoms with Crippen molar-refractivity contribution < 1.29 is 18.7 Å². The molecule has 0 saturated heterocycles. The normalized spacial score (nSPS) is 10.9. The van der Waals surface area contributed by atoms with Crippen LogP contribution in [0.3, 0.4) is 0 Å². The maximum atomic E-state index is 12.5. The number of ether oxygens (including phenoxy) is 1. The Morgan fingerprint density at radius 1 is 1.21 bits per heavy atom. The van der Waals surface area contributed by atoms with Crippen LogP contribution >= 0.6 is 34.5 Å². The SMILES string of the molecule is CC(C)c1cc(C(N)=O)c(NC(=O)c2ccc(COc3ccc(Cl)cc3Cl)o2)s1. The first kappa shape index (κ1) is 21.2. The Labute approximate surface area is 181 Å². The number of nitrogens with two attached hydrogens (primary N) is 1. The van der Waals surface area contributed by atoms with Crippen molar-refractivity contribution in [1.29, 1.82) is 0 Å². The molecular weight excluding hydrogens is 435 g/mol. The molecule has 0 atom stereocenters. The Morgan fingerprint density at radius 2 is 1.97 bits per heavy atom. The molecular formula is C20H18Cl2N2O4S. The van der Waals surface area contributed by atoms with Crippen molar-refractivity contribution in [3.63, 3.8) is 0 Å². The van der Waals surface area contributed by atoms with Crippen LogP contribution in [-0.4, -0.2) is 11.8 Å². The van der Waals surface area contributed by atoms with Gasteiger partial charge in [-0.25, -0.2) is 0 Å². The van der Waals surface area contributed by atoms with Crippen LogP contribution in [0.1, 0.15) is 51.3 Å². The zero-order valence-electron chi connectivity index (χ0n) is 15.6. The van der Waals surface area contributed by atoms with Crippen molar-refractivity contribution in [2.24, 2.45) is 5.73 Å². The number of thiophene rings is 1. The van der Waals surface area contributed by atoms with E-state index in [1.807, 2.05) is 13.8 Å². The van der Waals surface area contributed by atoms with Gasteiger partial charge < -0.3 is 20.2 Å². The lowest BCUT2D eigenvalue weighted by atomic mass is 10.1. The lowest BCUT2D eigenvalue weighted by Gasteiger charge is -2.06. The predicted octanol–water partition coefficient (Wildman–Crippen LogP) is 5.70. The predicted molar refractivity (Wildman–Crippen MR) is 114 cm³/mol. The minimum absolute atomic E-state index is 0.0810. The first-order valence-corrected chi connectivity index (χ1v) is 10.2. The minimum atomic E-state index is -0.600. The molecule has 152 valence electrons. The largest absolute Gasteiger partial charge is 0.484 e. The average Bonchev–Trinajstić information content (AvgIpc) is 3.28. The van der Waals surface area contributed by atoms with Crippen molar-refractivity contribution in [3.05, 3.63) is 68.4 Å². The topological polar surface area (TPSA) is 94.6 Å². The highest BCUT2D eigenvalue weighted by Gasteiger charge is 2.20. The van der Waals surface area contributed by atoms with Gasteiger partial charge in [0.25, 0.3) is 11.8 Å². The van der Waals surface area contributed by atoms with Gasteiger partial charge in [0.1, 0.15) is 23.1 Å². The third-order valence-electron chi connectivity index (χ3n) is 3.96. The molecule has 0 aliphatic heterocycles. The molecule has 3 aromatic rings. The molecule has 9 heteroatoms. The second kappa shape index (κ2) is 8.90. The Morgan fingerprint density at radius 3 is 2.62 bits per heavy atom. The highest BCUT2D eigenvalue weighted by atomic mass is 35.5. The molecule has 1 aromatic carbocycles. The van der Waals surface area contributed by atoms with Crippen molar-refractivity contribution in [3.8, 4) is 5.75 Å². The summed E-state index contributed by atoms with van der Waals surface area (Å²) >= 11 is 13.2. The molecule has 0 saturated carbocycles. The van der Waals surface area contributed by atoms with E-state index in [0.29, 0.717) is 26.6 Å².